The van der Waals surface area contributed by atoms with E-state index in [1.165, 1.54) is 6.20 Å². The van der Waals surface area contributed by atoms with Crippen LogP contribution >= 0.6 is 11.6 Å². The minimum Gasteiger partial charge on any atom is -0.477 e. The first-order valence-corrected chi connectivity index (χ1v) is 21.0. The number of pyridine rings is 1. The number of hydrogen-bond acceptors (Lipinski definition) is 12. The van der Waals surface area contributed by atoms with Crippen LogP contribution in [-0.4, -0.2) is 110 Å². The molecular weight excluding hydrogens is 773 g/mol. The highest BCUT2D eigenvalue weighted by atomic mass is 35.5. The predicted molar refractivity (Wildman–Crippen MR) is 206 cm³/mol. The second-order valence-corrected chi connectivity index (χ2v) is 17.2. The highest BCUT2D eigenvalue weighted by Crippen LogP contribution is 2.36. The van der Waals surface area contributed by atoms with Gasteiger partial charge in [0, 0.05) is 64.7 Å². The van der Waals surface area contributed by atoms with Gasteiger partial charge in [-0.3, -0.25) is 14.7 Å². The molecular formula is C38H46ClF3N8O5S. The number of piperazine rings is 1. The standard InChI is InChI=1S/C38H46ClF3N8O5S/c39-33-22-31(6-5-28(33)23-43)55-37(9-2-1-3-10-37)36(51)47-34-26-46-35(27-45-34)50-15-13-48(14-16-50)17-19-54-18-4-20-56(52,53)32-7-11-49(12-8-32)30-21-29(24-44-25-30)38(40,41)42/h5-6,21-22,24-27,32H,1-4,7-20H2,(H,45,47,51). The number of carbonyl (C=O) groups is 1. The van der Waals surface area contributed by atoms with E-state index in [0.717, 1.165) is 57.7 Å². The summed E-state index contributed by atoms with van der Waals surface area (Å²) in [5.41, 5.74) is -1.23. The van der Waals surface area contributed by atoms with E-state index in [1.807, 2.05) is 6.07 Å². The molecule has 56 heavy (non-hydrogen) atoms. The van der Waals surface area contributed by atoms with Crippen LogP contribution in [0.15, 0.2) is 49.1 Å². The number of nitrogens with zero attached hydrogens (tertiary/aromatic N) is 7. The third-order valence-corrected chi connectivity index (χ3v) is 13.3. The van der Waals surface area contributed by atoms with Crippen LogP contribution in [-0.2, 0) is 25.5 Å². The molecule has 1 amide bonds. The van der Waals surface area contributed by atoms with Crippen LogP contribution in [0.3, 0.4) is 0 Å². The topological polar surface area (TPSA) is 154 Å². The Labute approximate surface area is 330 Å². The third-order valence-electron chi connectivity index (χ3n) is 10.7. The smallest absolute Gasteiger partial charge is 0.417 e. The van der Waals surface area contributed by atoms with E-state index >= 15 is 0 Å². The van der Waals surface area contributed by atoms with Crippen LogP contribution in [0.2, 0.25) is 5.02 Å². The van der Waals surface area contributed by atoms with Gasteiger partial charge in [-0.1, -0.05) is 18.0 Å². The molecule has 1 N–H and O–H groups in total. The lowest BCUT2D eigenvalue weighted by Crippen LogP contribution is -2.49. The molecule has 0 bridgehead atoms. The maximum absolute atomic E-state index is 13.6. The van der Waals surface area contributed by atoms with Crippen molar-refractivity contribution in [1.29, 1.82) is 5.26 Å². The van der Waals surface area contributed by atoms with Crippen molar-refractivity contribution in [1.82, 2.24) is 19.9 Å². The van der Waals surface area contributed by atoms with Crippen LogP contribution in [0.4, 0.5) is 30.5 Å². The molecule has 13 nitrogen and oxygen atoms in total. The molecule has 302 valence electrons. The Bertz CT molecular complexity index is 1950. The van der Waals surface area contributed by atoms with E-state index in [1.54, 1.807) is 35.5 Å². The van der Waals surface area contributed by atoms with Gasteiger partial charge >= 0.3 is 6.18 Å². The fourth-order valence-electron chi connectivity index (χ4n) is 7.41. The summed E-state index contributed by atoms with van der Waals surface area (Å²) in [6.45, 7) is 5.23. The first-order valence-electron chi connectivity index (χ1n) is 18.9. The van der Waals surface area contributed by atoms with E-state index in [0.29, 0.717) is 93.6 Å². The molecule has 4 heterocycles. The first kappa shape index (κ1) is 41.4. The van der Waals surface area contributed by atoms with Gasteiger partial charge in [0.25, 0.3) is 5.91 Å². The molecule has 1 aromatic carbocycles. The molecule has 1 aliphatic carbocycles. The fraction of sp³-hybridized carbons (Fsp3) is 0.553. The monoisotopic (exact) mass is 818 g/mol. The Morgan fingerprint density at radius 2 is 1.71 bits per heavy atom. The number of amides is 1. The average molecular weight is 819 g/mol. The van der Waals surface area contributed by atoms with Gasteiger partial charge in [0.2, 0.25) is 0 Å². The number of rotatable bonds is 14. The lowest BCUT2D eigenvalue weighted by atomic mass is 9.83. The van der Waals surface area contributed by atoms with Crippen molar-refractivity contribution < 1.29 is 35.9 Å². The number of sulfone groups is 1. The summed E-state index contributed by atoms with van der Waals surface area (Å²) in [6, 6.07) is 7.87. The van der Waals surface area contributed by atoms with Crippen molar-refractivity contribution in [2.24, 2.45) is 0 Å². The normalized spacial score (nSPS) is 18.3. The van der Waals surface area contributed by atoms with E-state index in [-0.39, 0.29) is 16.7 Å². The molecule has 0 spiro atoms. The number of aromatic nitrogens is 3. The molecule has 2 saturated heterocycles. The van der Waals surface area contributed by atoms with E-state index < -0.39 is 32.4 Å². The van der Waals surface area contributed by atoms with Crippen LogP contribution in [0.25, 0.3) is 0 Å². The summed E-state index contributed by atoms with van der Waals surface area (Å²) in [4.78, 5) is 32.5. The number of nitrogens with one attached hydrogen (secondary N) is 1. The number of carbonyl (C=O) groups excluding carboxylic acids is 1. The summed E-state index contributed by atoms with van der Waals surface area (Å²) in [7, 11) is -3.36. The van der Waals surface area contributed by atoms with Gasteiger partial charge in [-0.15, -0.1) is 0 Å². The van der Waals surface area contributed by atoms with Gasteiger partial charge in [0.1, 0.15) is 17.6 Å². The second-order valence-electron chi connectivity index (χ2n) is 14.4. The third kappa shape index (κ3) is 10.6. The largest absolute Gasteiger partial charge is 0.477 e. The molecule has 3 aliphatic rings. The fourth-order valence-corrected chi connectivity index (χ4v) is 9.40. The molecule has 1 saturated carbocycles. The molecule has 6 rings (SSSR count). The SMILES string of the molecule is N#Cc1ccc(OC2(C(=O)Nc3cnc(N4CCN(CCOCCCS(=O)(=O)C5CCN(c6cncc(C(F)(F)F)c6)CC5)CC4)cn3)CCCCC2)cc1Cl. The summed E-state index contributed by atoms with van der Waals surface area (Å²) in [5.74, 6) is 1.16. The number of hydrogen-bond donors (Lipinski definition) is 1. The minimum atomic E-state index is -4.49. The number of piperidine rings is 1. The van der Waals surface area contributed by atoms with E-state index in [4.69, 9.17) is 21.1 Å². The Morgan fingerprint density at radius 3 is 2.38 bits per heavy atom. The highest BCUT2D eigenvalue weighted by Gasteiger charge is 2.42. The summed E-state index contributed by atoms with van der Waals surface area (Å²) in [6.07, 6.45) is 5.71. The molecule has 3 fully saturated rings. The van der Waals surface area contributed by atoms with Gasteiger partial charge in [-0.2, -0.15) is 18.4 Å². The van der Waals surface area contributed by atoms with Crippen molar-refractivity contribution in [2.45, 2.75) is 68.4 Å². The van der Waals surface area contributed by atoms with Crippen LogP contribution in [0, 0.1) is 11.3 Å². The maximum Gasteiger partial charge on any atom is 0.417 e. The Balaban J connectivity index is 0.875. The van der Waals surface area contributed by atoms with Crippen molar-refractivity contribution in [3.63, 3.8) is 0 Å². The molecule has 2 aliphatic heterocycles. The zero-order valence-corrected chi connectivity index (χ0v) is 32.6. The van der Waals surface area contributed by atoms with Crippen molar-refractivity contribution in [3.8, 4) is 11.8 Å². The lowest BCUT2D eigenvalue weighted by molar-refractivity contribution is -0.137. The number of ether oxygens (including phenoxy) is 2. The zero-order chi connectivity index (χ0) is 39.8. The molecule has 0 radical (unpaired) electrons. The number of alkyl halides is 3. The molecule has 3 aromatic rings. The van der Waals surface area contributed by atoms with Crippen LogP contribution in [0.1, 0.15) is 62.5 Å². The van der Waals surface area contributed by atoms with Crippen molar-refractivity contribution in [2.75, 3.05) is 79.9 Å². The van der Waals surface area contributed by atoms with Gasteiger partial charge in [0.05, 0.1) is 58.0 Å². The second kappa shape index (κ2) is 18.4. The number of halogens is 4. The van der Waals surface area contributed by atoms with Gasteiger partial charge in [-0.25, -0.2) is 18.4 Å². The first-order chi connectivity index (χ1) is 26.8. The maximum atomic E-state index is 13.6. The van der Waals surface area contributed by atoms with Gasteiger partial charge < -0.3 is 24.6 Å². The molecule has 2 aromatic heterocycles. The quantitative estimate of drug-likeness (QED) is 0.197. The van der Waals surface area contributed by atoms with Crippen molar-refractivity contribution in [3.05, 3.63) is 65.2 Å². The average Bonchev–Trinajstić information content (AvgIpc) is 3.20. The summed E-state index contributed by atoms with van der Waals surface area (Å²) in [5, 5.41) is 11.8. The van der Waals surface area contributed by atoms with Gasteiger partial charge in [-0.05, 0) is 63.1 Å². The van der Waals surface area contributed by atoms with Crippen molar-refractivity contribution >= 4 is 44.7 Å². The lowest BCUT2D eigenvalue weighted by Gasteiger charge is -2.36. The number of nitriles is 1. The molecule has 0 atom stereocenters. The Morgan fingerprint density at radius 1 is 0.964 bits per heavy atom. The highest BCUT2D eigenvalue weighted by molar-refractivity contribution is 7.92. The van der Waals surface area contributed by atoms with Crippen LogP contribution < -0.4 is 19.9 Å². The van der Waals surface area contributed by atoms with E-state index in [9.17, 15) is 31.6 Å². The number of anilines is 3. The van der Waals surface area contributed by atoms with E-state index in [2.05, 4.69) is 30.1 Å². The molecule has 0 unspecified atom stereocenters. The van der Waals surface area contributed by atoms with Gasteiger partial charge in [0.15, 0.2) is 21.3 Å². The Hall–Kier alpha value is -4.24. The Kier molecular flexibility index (Phi) is 13.6. The summed E-state index contributed by atoms with van der Waals surface area (Å²) < 4.78 is 77.3. The zero-order valence-electron chi connectivity index (χ0n) is 31.0. The number of benzene rings is 1. The van der Waals surface area contributed by atoms with Crippen LogP contribution in [0.5, 0.6) is 5.75 Å². The summed E-state index contributed by atoms with van der Waals surface area (Å²) >= 11 is 6.22. The minimum absolute atomic E-state index is 0.00748. The predicted octanol–water partition coefficient (Wildman–Crippen LogP) is 5.75. The molecule has 18 heteroatoms.